The number of anilines is 1. The molecule has 0 bridgehead atoms. The maximum atomic E-state index is 16.1. The van der Waals surface area contributed by atoms with Crippen molar-refractivity contribution in [2.45, 2.75) is 50.8 Å². The molecular formula is C32H34F4N10O2. The molecule has 3 aromatic heterocycles. The van der Waals surface area contributed by atoms with E-state index in [1.807, 2.05) is 43.1 Å². The molecular weight excluding hydrogens is 632 g/mol. The lowest BCUT2D eigenvalue weighted by atomic mass is 9.84. The average molecular weight is 667 g/mol. The van der Waals surface area contributed by atoms with Gasteiger partial charge in [0.05, 0.1) is 25.7 Å². The predicted octanol–water partition coefficient (Wildman–Crippen LogP) is 3.87. The van der Waals surface area contributed by atoms with Crippen molar-refractivity contribution in [3.63, 3.8) is 0 Å². The Hall–Kier alpha value is -5.12. The van der Waals surface area contributed by atoms with Gasteiger partial charge in [-0.3, -0.25) is 4.98 Å². The molecule has 252 valence electrons. The monoisotopic (exact) mass is 666 g/mol. The number of aliphatic hydroxyl groups is 1. The van der Waals surface area contributed by atoms with E-state index in [9.17, 15) is 18.7 Å². The molecule has 1 atom stereocenters. The number of hydrogen-bond donors (Lipinski definition) is 1. The highest BCUT2D eigenvalue weighted by Crippen LogP contribution is 2.47. The van der Waals surface area contributed by atoms with Gasteiger partial charge in [0.15, 0.2) is 5.60 Å². The van der Waals surface area contributed by atoms with Gasteiger partial charge in [-0.15, -0.1) is 5.10 Å². The van der Waals surface area contributed by atoms with Crippen LogP contribution in [0.3, 0.4) is 0 Å². The number of hydrogen-bond acceptors (Lipinski definition) is 9. The average Bonchev–Trinajstić information content (AvgIpc) is 3.75. The molecule has 16 heteroatoms. The molecule has 6 rings (SSSR count). The van der Waals surface area contributed by atoms with Crippen LogP contribution in [-0.2, 0) is 18.1 Å². The maximum absolute atomic E-state index is 16.1. The van der Waals surface area contributed by atoms with Crippen LogP contribution >= 0.6 is 0 Å². The fourth-order valence-electron chi connectivity index (χ4n) is 6.05. The topological polar surface area (TPSA) is 123 Å². The molecule has 1 N–H and O–H groups in total. The molecule has 48 heavy (non-hydrogen) atoms. The van der Waals surface area contributed by atoms with E-state index in [0.29, 0.717) is 43.4 Å². The van der Waals surface area contributed by atoms with Crippen molar-refractivity contribution < 1.29 is 22.7 Å². The largest absolute Gasteiger partial charge is 0.377 e. The number of alkyl halides is 2. The van der Waals surface area contributed by atoms with Gasteiger partial charge in [0.25, 0.3) is 0 Å². The van der Waals surface area contributed by atoms with Gasteiger partial charge in [-0.1, -0.05) is 32.0 Å². The number of aromatic nitrogens is 8. The maximum Gasteiger partial charge on any atom is 0.364 e. The Balaban J connectivity index is 1.16. The number of nitrogens with zero attached hydrogens (tertiary/aromatic N) is 10. The van der Waals surface area contributed by atoms with Gasteiger partial charge in [-0.2, -0.15) is 18.6 Å². The first-order valence-electron chi connectivity index (χ1n) is 15.6. The van der Waals surface area contributed by atoms with Crippen molar-refractivity contribution >= 4 is 5.69 Å². The molecule has 1 fully saturated rings. The second-order valence-corrected chi connectivity index (χ2v) is 11.7. The molecule has 12 nitrogen and oxygen atoms in total. The Bertz CT molecular complexity index is 1890. The quantitative estimate of drug-likeness (QED) is 0.209. The molecule has 5 aromatic rings. The minimum Gasteiger partial charge on any atom is -0.377 e. The summed E-state index contributed by atoms with van der Waals surface area (Å²) in [6, 6.07) is 12.1. The van der Waals surface area contributed by atoms with Crippen LogP contribution < -0.4 is 15.6 Å². The summed E-state index contributed by atoms with van der Waals surface area (Å²) in [5.41, 5.74) is -2.81. The summed E-state index contributed by atoms with van der Waals surface area (Å²) in [6.45, 7) is 5.74. The van der Waals surface area contributed by atoms with Gasteiger partial charge >= 0.3 is 11.6 Å². The molecule has 0 saturated carbocycles. The van der Waals surface area contributed by atoms with Crippen LogP contribution in [0.15, 0.2) is 78.2 Å². The van der Waals surface area contributed by atoms with Crippen molar-refractivity contribution in [2.24, 2.45) is 0 Å². The summed E-state index contributed by atoms with van der Waals surface area (Å²) in [5, 5.41) is 28.0. The lowest BCUT2D eigenvalue weighted by molar-refractivity contribution is -0.207. The lowest BCUT2D eigenvalue weighted by Gasteiger charge is -2.36. The predicted molar refractivity (Wildman–Crippen MR) is 168 cm³/mol. The summed E-state index contributed by atoms with van der Waals surface area (Å²) in [6.07, 6.45) is 5.48. The third-order valence-corrected chi connectivity index (χ3v) is 8.86. The summed E-state index contributed by atoms with van der Waals surface area (Å²) >= 11 is 0. The first-order chi connectivity index (χ1) is 23.1. The van der Waals surface area contributed by atoms with E-state index >= 15 is 8.78 Å². The zero-order valence-electron chi connectivity index (χ0n) is 26.3. The highest BCUT2D eigenvalue weighted by molar-refractivity contribution is 5.66. The van der Waals surface area contributed by atoms with Crippen LogP contribution in [0.1, 0.15) is 44.0 Å². The van der Waals surface area contributed by atoms with Gasteiger partial charge in [0.2, 0.25) is 0 Å². The second-order valence-electron chi connectivity index (χ2n) is 11.7. The van der Waals surface area contributed by atoms with Gasteiger partial charge in [0, 0.05) is 42.2 Å². The minimum atomic E-state index is -4.15. The standard InChI is InChI=1S/C32H34F4N10O2/c1-3-25(4-2)46-30(47)45(21-39-46)44-15-13-42(14-16-44)26-9-5-22(6-10-26)23-7-12-29(37-18-23)32(35,36)31(48,19-43-20-38-40-41-43)27-11-8-24(33)17-28(27)34/h5-12,17-18,20-21,25,48H,3-4,13-16,19H2,1-2H3. The van der Waals surface area contributed by atoms with Crippen LogP contribution in [0.4, 0.5) is 23.2 Å². The van der Waals surface area contributed by atoms with Gasteiger partial charge in [0.1, 0.15) is 30.0 Å². The van der Waals surface area contributed by atoms with Gasteiger partial charge in [-0.25, -0.2) is 22.9 Å². The smallest absolute Gasteiger partial charge is 0.364 e. The molecule has 1 aliphatic heterocycles. The van der Waals surface area contributed by atoms with Gasteiger partial charge in [-0.05, 0) is 59.2 Å². The number of halogens is 4. The fraction of sp³-hybridized carbons (Fsp3) is 0.375. The Kier molecular flexibility index (Phi) is 9.01. The van der Waals surface area contributed by atoms with E-state index in [-0.39, 0.29) is 11.7 Å². The highest BCUT2D eigenvalue weighted by atomic mass is 19.3. The van der Waals surface area contributed by atoms with Crippen molar-refractivity contribution in [2.75, 3.05) is 36.1 Å². The third-order valence-electron chi connectivity index (χ3n) is 8.86. The third kappa shape index (κ3) is 6.03. The summed E-state index contributed by atoms with van der Waals surface area (Å²) in [7, 11) is 0. The zero-order chi connectivity index (χ0) is 34.1. The second kappa shape index (κ2) is 13.2. The van der Waals surface area contributed by atoms with Gasteiger partial charge < -0.3 is 15.0 Å². The number of pyridine rings is 1. The number of rotatable bonds is 11. The number of benzene rings is 2. The normalized spacial score (nSPS) is 15.2. The summed E-state index contributed by atoms with van der Waals surface area (Å²) in [4.78, 5) is 19.1. The molecule has 1 saturated heterocycles. The van der Waals surface area contributed by atoms with E-state index in [0.717, 1.165) is 47.7 Å². The van der Waals surface area contributed by atoms with Crippen molar-refractivity contribution in [1.29, 1.82) is 0 Å². The first kappa shape index (κ1) is 32.8. The van der Waals surface area contributed by atoms with Crippen LogP contribution in [0.5, 0.6) is 0 Å². The molecule has 2 aromatic carbocycles. The van der Waals surface area contributed by atoms with Crippen LogP contribution in [0, 0.1) is 11.6 Å². The van der Waals surface area contributed by atoms with E-state index in [2.05, 4.69) is 30.5 Å². The van der Waals surface area contributed by atoms with Crippen LogP contribution in [0.25, 0.3) is 11.1 Å². The number of piperazine rings is 1. The first-order valence-corrected chi connectivity index (χ1v) is 15.6. The molecule has 0 aliphatic carbocycles. The van der Waals surface area contributed by atoms with E-state index in [1.54, 1.807) is 15.7 Å². The molecule has 0 radical (unpaired) electrons. The number of tetrazole rings is 1. The fourth-order valence-corrected chi connectivity index (χ4v) is 6.05. The molecule has 0 spiro atoms. The SMILES string of the molecule is CCC(CC)n1ncn(N2CCN(c3ccc(-c4ccc(C(F)(F)C(O)(Cn5cnnn5)c5ccc(F)cc5F)nc4)cc3)CC2)c1=O. The van der Waals surface area contributed by atoms with Crippen molar-refractivity contribution in [3.05, 3.63) is 107 Å². The van der Waals surface area contributed by atoms with Crippen LogP contribution in [-0.4, -0.2) is 70.9 Å². The lowest BCUT2D eigenvalue weighted by Crippen LogP contribution is -2.54. The Morgan fingerprint density at radius 2 is 1.62 bits per heavy atom. The van der Waals surface area contributed by atoms with Crippen molar-refractivity contribution in [1.82, 2.24) is 39.6 Å². The molecule has 1 unspecified atom stereocenters. The Morgan fingerprint density at radius 1 is 0.917 bits per heavy atom. The zero-order valence-corrected chi connectivity index (χ0v) is 26.3. The summed E-state index contributed by atoms with van der Waals surface area (Å²) < 4.78 is 64.6. The van der Waals surface area contributed by atoms with Crippen LogP contribution in [0.2, 0.25) is 0 Å². The van der Waals surface area contributed by atoms with E-state index < -0.39 is 41.0 Å². The molecule has 1 aliphatic rings. The van der Waals surface area contributed by atoms with Crippen molar-refractivity contribution in [3.8, 4) is 11.1 Å². The highest BCUT2D eigenvalue weighted by Gasteiger charge is 2.58. The Labute approximate surface area is 272 Å². The Morgan fingerprint density at radius 3 is 2.23 bits per heavy atom. The minimum absolute atomic E-state index is 0.0684. The van der Waals surface area contributed by atoms with E-state index in [1.165, 1.54) is 12.3 Å². The molecule has 4 heterocycles. The summed E-state index contributed by atoms with van der Waals surface area (Å²) in [5.74, 6) is -6.50. The molecule has 0 amide bonds. The van der Waals surface area contributed by atoms with E-state index in [4.69, 9.17) is 0 Å².